The second-order valence-electron chi connectivity index (χ2n) is 3.94. The highest BCUT2D eigenvalue weighted by Crippen LogP contribution is 2.06. The lowest BCUT2D eigenvalue weighted by Gasteiger charge is -2.12. The van der Waals surface area contributed by atoms with Crippen LogP contribution < -0.4 is 5.32 Å². The second-order valence-corrected chi connectivity index (χ2v) is 3.94. The van der Waals surface area contributed by atoms with E-state index in [1.54, 1.807) is 6.20 Å². The molecule has 0 aromatic carbocycles. The highest BCUT2D eigenvalue weighted by atomic mass is 16.1. The molecular formula is C12H21N3O. The van der Waals surface area contributed by atoms with E-state index in [0.29, 0.717) is 0 Å². The molecule has 0 atom stereocenters. The van der Waals surface area contributed by atoms with Crippen LogP contribution in [0.15, 0.2) is 12.4 Å². The zero-order chi connectivity index (χ0) is 11.8. The van der Waals surface area contributed by atoms with Gasteiger partial charge in [-0.05, 0) is 19.3 Å². The summed E-state index contributed by atoms with van der Waals surface area (Å²) in [6, 6.07) is 0. The number of nitrogens with zero attached hydrogens (tertiary/aromatic N) is 1. The molecule has 90 valence electrons. The van der Waals surface area contributed by atoms with Crippen molar-refractivity contribution in [1.82, 2.24) is 15.3 Å². The van der Waals surface area contributed by atoms with Crippen molar-refractivity contribution in [2.75, 3.05) is 6.54 Å². The van der Waals surface area contributed by atoms with Crippen LogP contribution >= 0.6 is 0 Å². The van der Waals surface area contributed by atoms with Gasteiger partial charge < -0.3 is 10.3 Å². The standard InChI is InChI=1S/C12H21N3O/c1-3-10(4-2)12(16)15-7-5-6-11-13-8-9-14-11/h8-10H,3-7H2,1-2H3,(H,13,14)(H,15,16). The van der Waals surface area contributed by atoms with E-state index in [2.05, 4.69) is 29.1 Å². The molecule has 0 radical (unpaired) electrons. The second kappa shape index (κ2) is 7.04. The first-order chi connectivity index (χ1) is 7.77. The number of hydrogen-bond donors (Lipinski definition) is 2. The summed E-state index contributed by atoms with van der Waals surface area (Å²) in [6.45, 7) is 4.84. The largest absolute Gasteiger partial charge is 0.356 e. The molecule has 0 bridgehead atoms. The molecule has 16 heavy (non-hydrogen) atoms. The van der Waals surface area contributed by atoms with Gasteiger partial charge in [0.1, 0.15) is 5.82 Å². The van der Waals surface area contributed by atoms with Crippen LogP contribution in [-0.4, -0.2) is 22.4 Å². The number of hydrogen-bond acceptors (Lipinski definition) is 2. The zero-order valence-electron chi connectivity index (χ0n) is 10.1. The van der Waals surface area contributed by atoms with Gasteiger partial charge in [0.25, 0.3) is 0 Å². The first-order valence-corrected chi connectivity index (χ1v) is 6.03. The van der Waals surface area contributed by atoms with Crippen molar-refractivity contribution >= 4 is 5.91 Å². The predicted octanol–water partition coefficient (Wildman–Crippen LogP) is 1.89. The fourth-order valence-corrected chi connectivity index (χ4v) is 1.71. The summed E-state index contributed by atoms with van der Waals surface area (Å²) >= 11 is 0. The van der Waals surface area contributed by atoms with Gasteiger partial charge in [0, 0.05) is 31.3 Å². The number of imidazole rings is 1. The van der Waals surface area contributed by atoms with E-state index in [0.717, 1.165) is 38.1 Å². The van der Waals surface area contributed by atoms with E-state index in [-0.39, 0.29) is 11.8 Å². The summed E-state index contributed by atoms with van der Waals surface area (Å²) < 4.78 is 0. The molecule has 1 aromatic rings. The van der Waals surface area contributed by atoms with Crippen LogP contribution in [0.1, 0.15) is 38.9 Å². The first-order valence-electron chi connectivity index (χ1n) is 6.03. The zero-order valence-corrected chi connectivity index (χ0v) is 10.1. The van der Waals surface area contributed by atoms with E-state index < -0.39 is 0 Å². The number of aryl methyl sites for hydroxylation is 1. The SMILES string of the molecule is CCC(CC)C(=O)NCCCc1ncc[nH]1. The summed E-state index contributed by atoms with van der Waals surface area (Å²) in [4.78, 5) is 18.8. The van der Waals surface area contributed by atoms with Crippen molar-refractivity contribution in [3.63, 3.8) is 0 Å². The molecular weight excluding hydrogens is 202 g/mol. The van der Waals surface area contributed by atoms with Crippen molar-refractivity contribution in [1.29, 1.82) is 0 Å². The molecule has 0 fully saturated rings. The minimum Gasteiger partial charge on any atom is -0.356 e. The monoisotopic (exact) mass is 223 g/mol. The maximum absolute atomic E-state index is 11.6. The van der Waals surface area contributed by atoms with Crippen LogP contribution in [-0.2, 0) is 11.2 Å². The van der Waals surface area contributed by atoms with Crippen LogP contribution in [0.4, 0.5) is 0 Å². The normalized spacial score (nSPS) is 10.7. The number of aromatic amines is 1. The van der Waals surface area contributed by atoms with E-state index in [9.17, 15) is 4.79 Å². The maximum atomic E-state index is 11.6. The summed E-state index contributed by atoms with van der Waals surface area (Å²) in [5.41, 5.74) is 0. The number of nitrogens with one attached hydrogen (secondary N) is 2. The lowest BCUT2D eigenvalue weighted by atomic mass is 10.0. The Labute approximate surface area is 96.9 Å². The average Bonchev–Trinajstić information content (AvgIpc) is 2.79. The first kappa shape index (κ1) is 12.7. The molecule has 0 aliphatic rings. The van der Waals surface area contributed by atoms with E-state index in [1.807, 2.05) is 6.20 Å². The average molecular weight is 223 g/mol. The fraction of sp³-hybridized carbons (Fsp3) is 0.667. The number of amides is 1. The quantitative estimate of drug-likeness (QED) is 0.694. The van der Waals surface area contributed by atoms with Gasteiger partial charge in [0.15, 0.2) is 0 Å². The molecule has 4 nitrogen and oxygen atoms in total. The summed E-state index contributed by atoms with van der Waals surface area (Å²) in [6.07, 6.45) is 7.22. The molecule has 0 saturated heterocycles. The Kier molecular flexibility index (Phi) is 5.61. The molecule has 0 spiro atoms. The minimum atomic E-state index is 0.170. The molecule has 1 amide bonds. The molecule has 1 rings (SSSR count). The van der Waals surface area contributed by atoms with Gasteiger partial charge in [-0.1, -0.05) is 13.8 Å². The molecule has 0 aliphatic heterocycles. The van der Waals surface area contributed by atoms with Crippen LogP contribution in [0.3, 0.4) is 0 Å². The van der Waals surface area contributed by atoms with E-state index in [4.69, 9.17) is 0 Å². The molecule has 1 aromatic heterocycles. The molecule has 0 saturated carbocycles. The highest BCUT2D eigenvalue weighted by molar-refractivity contribution is 5.78. The molecule has 4 heteroatoms. The summed E-state index contributed by atoms with van der Waals surface area (Å²) in [5, 5.41) is 2.97. The Bertz CT molecular complexity index is 291. The third-order valence-electron chi connectivity index (χ3n) is 2.80. The van der Waals surface area contributed by atoms with Gasteiger partial charge in [-0.3, -0.25) is 4.79 Å². The highest BCUT2D eigenvalue weighted by Gasteiger charge is 2.12. The van der Waals surface area contributed by atoms with Gasteiger partial charge in [-0.2, -0.15) is 0 Å². The van der Waals surface area contributed by atoms with Crippen molar-refractivity contribution in [2.45, 2.75) is 39.5 Å². The predicted molar refractivity (Wildman–Crippen MR) is 64.0 cm³/mol. The summed E-state index contributed by atoms with van der Waals surface area (Å²) in [7, 11) is 0. The molecule has 0 aliphatic carbocycles. The lowest BCUT2D eigenvalue weighted by molar-refractivity contribution is -0.125. The fourth-order valence-electron chi connectivity index (χ4n) is 1.71. The topological polar surface area (TPSA) is 57.8 Å². The maximum Gasteiger partial charge on any atom is 0.223 e. The number of carbonyl (C=O) groups excluding carboxylic acids is 1. The van der Waals surface area contributed by atoms with Crippen molar-refractivity contribution in [3.8, 4) is 0 Å². The van der Waals surface area contributed by atoms with Crippen LogP contribution in [0.2, 0.25) is 0 Å². The van der Waals surface area contributed by atoms with Gasteiger partial charge in [0.05, 0.1) is 0 Å². The van der Waals surface area contributed by atoms with Gasteiger partial charge in [0.2, 0.25) is 5.91 Å². The van der Waals surface area contributed by atoms with Crippen LogP contribution in [0.25, 0.3) is 0 Å². The number of aromatic nitrogens is 2. The minimum absolute atomic E-state index is 0.170. The lowest BCUT2D eigenvalue weighted by Crippen LogP contribution is -2.31. The molecule has 0 unspecified atom stereocenters. The summed E-state index contributed by atoms with van der Waals surface area (Å²) in [5.74, 6) is 1.34. The Morgan fingerprint density at radius 3 is 2.81 bits per heavy atom. The molecule has 2 N–H and O–H groups in total. The smallest absolute Gasteiger partial charge is 0.223 e. The Balaban J connectivity index is 2.13. The van der Waals surface area contributed by atoms with Gasteiger partial charge in [-0.15, -0.1) is 0 Å². The Morgan fingerprint density at radius 2 is 2.25 bits per heavy atom. The Hall–Kier alpha value is -1.32. The van der Waals surface area contributed by atoms with Gasteiger partial charge >= 0.3 is 0 Å². The van der Waals surface area contributed by atoms with Crippen LogP contribution in [0.5, 0.6) is 0 Å². The van der Waals surface area contributed by atoms with E-state index in [1.165, 1.54) is 0 Å². The van der Waals surface area contributed by atoms with Crippen LogP contribution in [0, 0.1) is 5.92 Å². The van der Waals surface area contributed by atoms with Crippen molar-refractivity contribution < 1.29 is 4.79 Å². The van der Waals surface area contributed by atoms with Crippen molar-refractivity contribution in [2.24, 2.45) is 5.92 Å². The number of H-pyrrole nitrogens is 1. The number of carbonyl (C=O) groups is 1. The molecule has 1 heterocycles. The third kappa shape index (κ3) is 4.04. The van der Waals surface area contributed by atoms with Crippen molar-refractivity contribution in [3.05, 3.63) is 18.2 Å². The van der Waals surface area contributed by atoms with Gasteiger partial charge in [-0.25, -0.2) is 4.98 Å². The van der Waals surface area contributed by atoms with E-state index >= 15 is 0 Å². The number of rotatable bonds is 7. The Morgan fingerprint density at radius 1 is 1.50 bits per heavy atom. The third-order valence-corrected chi connectivity index (χ3v) is 2.80.